The molecule has 90 valence electrons. The first kappa shape index (κ1) is 11.3. The molecule has 0 radical (unpaired) electrons. The van der Waals surface area contributed by atoms with Gasteiger partial charge in [-0.3, -0.25) is 20.2 Å². The van der Waals surface area contributed by atoms with E-state index in [1.807, 2.05) is 0 Å². The van der Waals surface area contributed by atoms with Gasteiger partial charge in [0.25, 0.3) is 11.6 Å². The van der Waals surface area contributed by atoms with Crippen molar-refractivity contribution in [2.24, 2.45) is 0 Å². The van der Waals surface area contributed by atoms with Crippen molar-refractivity contribution in [2.75, 3.05) is 0 Å². The van der Waals surface area contributed by atoms with Crippen LogP contribution in [0.1, 0.15) is 0 Å². The predicted octanol–water partition coefficient (Wildman–Crippen LogP) is 2.17. The van der Waals surface area contributed by atoms with Crippen molar-refractivity contribution in [3.05, 3.63) is 37.3 Å². The van der Waals surface area contributed by atoms with Crippen molar-refractivity contribution < 1.29 is 15.0 Å². The molecule has 1 aromatic carbocycles. The number of benzene rings is 1. The third kappa shape index (κ3) is 1.47. The van der Waals surface area contributed by atoms with Crippen molar-refractivity contribution in [1.29, 1.82) is 5.39 Å². The molecule has 10 nitrogen and oxygen atoms in total. The van der Waals surface area contributed by atoms with Gasteiger partial charge >= 0.3 is 11.4 Å². The monoisotopic (exact) mass is 250 g/mol. The van der Waals surface area contributed by atoms with E-state index in [0.29, 0.717) is 0 Å². The van der Waals surface area contributed by atoms with Crippen molar-refractivity contribution >= 4 is 28.0 Å². The van der Waals surface area contributed by atoms with Crippen molar-refractivity contribution in [1.82, 2.24) is 4.98 Å². The summed E-state index contributed by atoms with van der Waals surface area (Å²) < 4.78 is 0. The van der Waals surface area contributed by atoms with Crippen LogP contribution in [0.15, 0.2) is 12.1 Å². The maximum Gasteiger partial charge on any atom is 0.453 e. The Morgan fingerprint density at radius 2 is 1.94 bits per heavy atom. The van der Waals surface area contributed by atoms with Crippen LogP contribution in [0.2, 0.25) is 0 Å². The van der Waals surface area contributed by atoms with Gasteiger partial charge in [0.15, 0.2) is 4.98 Å². The molecule has 0 saturated heterocycles. The number of aromatic nitrogens is 1. The average molecular weight is 250 g/mol. The number of rotatable bonds is 2. The lowest BCUT2D eigenvalue weighted by Gasteiger charge is -1.93. The fourth-order valence-corrected chi connectivity index (χ4v) is 1.59. The number of H-pyrrole nitrogens is 1. The highest BCUT2D eigenvalue weighted by molar-refractivity contribution is 6.02. The van der Waals surface area contributed by atoms with Gasteiger partial charge in [0.05, 0.1) is 15.9 Å². The molecule has 0 aliphatic heterocycles. The lowest BCUT2D eigenvalue weighted by molar-refractivity contribution is -0.393. The second-order valence-corrected chi connectivity index (χ2v) is 3.32. The van der Waals surface area contributed by atoms with Crippen LogP contribution in [0.5, 0.6) is 5.88 Å². The summed E-state index contributed by atoms with van der Waals surface area (Å²) in [6.07, 6.45) is 0. The van der Waals surface area contributed by atoms with Crippen LogP contribution in [-0.2, 0) is 0 Å². The third-order valence-corrected chi connectivity index (χ3v) is 2.33. The van der Waals surface area contributed by atoms with Crippen LogP contribution < -0.4 is 0 Å². The Balaban J connectivity index is 2.95. The van der Waals surface area contributed by atoms with Crippen molar-refractivity contribution in [3.8, 4) is 5.88 Å². The minimum absolute atomic E-state index is 0.115. The first-order valence-corrected chi connectivity index (χ1v) is 4.48. The van der Waals surface area contributed by atoms with E-state index in [4.69, 9.17) is 5.39 Å². The molecule has 1 heterocycles. The lowest BCUT2D eigenvalue weighted by atomic mass is 10.2. The predicted molar refractivity (Wildman–Crippen MR) is 58.0 cm³/mol. The summed E-state index contributed by atoms with van der Waals surface area (Å²) in [4.78, 5) is 24.7. The lowest BCUT2D eigenvalue weighted by Crippen LogP contribution is -1.93. The largest absolute Gasteiger partial charge is 0.489 e. The first-order valence-electron chi connectivity index (χ1n) is 4.48. The number of nitro groups is 2. The summed E-state index contributed by atoms with van der Waals surface area (Å²) in [5, 5.41) is 39.4. The van der Waals surface area contributed by atoms with Crippen LogP contribution in [0.3, 0.4) is 0 Å². The number of aromatic hydroxyl groups is 1. The Labute approximate surface area is 97.4 Å². The van der Waals surface area contributed by atoms with Gasteiger partial charge < -0.3 is 10.1 Å². The number of nitrogens with one attached hydrogen (secondary N) is 1. The number of hydrogen-bond acceptors (Lipinski definition) is 6. The van der Waals surface area contributed by atoms with E-state index in [1.165, 1.54) is 0 Å². The smallest absolute Gasteiger partial charge is 0.453 e. The molecule has 0 amide bonds. The SMILES string of the molecule is N#[N+]c1c(O)[nH]c2c([N+](=O)[O-])cc([N+](=O)[O-])cc12. The molecule has 2 aromatic rings. The number of nitrogens with zero attached hydrogens (tertiary/aromatic N) is 4. The highest BCUT2D eigenvalue weighted by atomic mass is 16.6. The molecule has 0 atom stereocenters. The van der Waals surface area contributed by atoms with Gasteiger partial charge in [0, 0.05) is 6.07 Å². The molecule has 18 heavy (non-hydrogen) atoms. The zero-order valence-electron chi connectivity index (χ0n) is 8.52. The van der Waals surface area contributed by atoms with Crippen molar-refractivity contribution in [3.63, 3.8) is 0 Å². The van der Waals surface area contributed by atoms with E-state index in [9.17, 15) is 25.3 Å². The molecule has 0 unspecified atom stereocenters. The molecule has 10 heteroatoms. The van der Waals surface area contributed by atoms with Crippen LogP contribution in [0, 0.1) is 25.6 Å². The first-order chi connectivity index (χ1) is 8.45. The number of non-ortho nitro benzene ring substituents is 2. The van der Waals surface area contributed by atoms with E-state index in [-0.39, 0.29) is 10.9 Å². The fraction of sp³-hybridized carbons (Fsp3) is 0. The number of nitro benzene ring substituents is 2. The minimum Gasteiger partial charge on any atom is -0.489 e. The van der Waals surface area contributed by atoms with E-state index < -0.39 is 32.8 Å². The van der Waals surface area contributed by atoms with E-state index in [2.05, 4.69) is 9.96 Å². The fourth-order valence-electron chi connectivity index (χ4n) is 1.59. The summed E-state index contributed by atoms with van der Waals surface area (Å²) in [7, 11) is 0. The van der Waals surface area contributed by atoms with Gasteiger partial charge in [-0.15, -0.1) is 0 Å². The van der Waals surface area contributed by atoms with Crippen molar-refractivity contribution in [2.45, 2.75) is 0 Å². The van der Waals surface area contributed by atoms with Gasteiger partial charge in [-0.25, -0.2) is 0 Å². The zero-order chi connectivity index (χ0) is 13.4. The van der Waals surface area contributed by atoms with Crippen LogP contribution in [0.4, 0.5) is 17.1 Å². The van der Waals surface area contributed by atoms with Gasteiger partial charge in [0.2, 0.25) is 5.39 Å². The Hall–Kier alpha value is -3.22. The summed E-state index contributed by atoms with van der Waals surface area (Å²) >= 11 is 0. The topological polar surface area (TPSA) is 150 Å². The summed E-state index contributed by atoms with van der Waals surface area (Å²) in [6.45, 7) is 0. The molecule has 0 saturated carbocycles. The molecule has 1 aromatic heterocycles. The zero-order valence-corrected chi connectivity index (χ0v) is 8.52. The average Bonchev–Trinajstić information content (AvgIpc) is 2.62. The Bertz CT molecular complexity index is 728. The molecular weight excluding hydrogens is 246 g/mol. The highest BCUT2D eigenvalue weighted by Crippen LogP contribution is 2.41. The standard InChI is InChI=1S/C8H3N5O5/c9-11-7-4-1-3(12(15)16)2-5(13(17)18)6(4)10-8(7)14/h1-2,9H/p+1. The molecular formula is C8H4N5O5+. The second-order valence-electron chi connectivity index (χ2n) is 3.32. The summed E-state index contributed by atoms with van der Waals surface area (Å²) in [5.41, 5.74) is -1.68. The van der Waals surface area contributed by atoms with Crippen LogP contribution >= 0.6 is 0 Å². The Morgan fingerprint density at radius 1 is 1.28 bits per heavy atom. The minimum atomic E-state index is -0.841. The molecule has 0 aliphatic carbocycles. The molecule has 0 fully saturated rings. The van der Waals surface area contributed by atoms with Gasteiger partial charge in [-0.1, -0.05) is 0 Å². The number of fused-ring (bicyclic) bond motifs is 1. The maximum absolute atomic E-state index is 10.8. The quantitative estimate of drug-likeness (QED) is 0.473. The van der Waals surface area contributed by atoms with Gasteiger partial charge in [-0.2, -0.15) is 0 Å². The van der Waals surface area contributed by atoms with Crippen LogP contribution in [0.25, 0.3) is 15.9 Å². The molecule has 0 aliphatic rings. The number of hydrogen-bond donors (Lipinski definition) is 2. The highest BCUT2D eigenvalue weighted by Gasteiger charge is 2.30. The summed E-state index contributed by atoms with van der Waals surface area (Å²) in [6, 6.07) is 1.72. The molecule has 0 spiro atoms. The Morgan fingerprint density at radius 3 is 2.44 bits per heavy atom. The maximum atomic E-state index is 10.8. The van der Waals surface area contributed by atoms with Crippen LogP contribution in [-0.4, -0.2) is 19.9 Å². The molecule has 2 rings (SSSR count). The Kier molecular flexibility index (Phi) is 2.30. The number of diazo groups is 1. The second kappa shape index (κ2) is 3.67. The van der Waals surface area contributed by atoms with Gasteiger partial charge in [-0.05, 0) is 0 Å². The summed E-state index contributed by atoms with van der Waals surface area (Å²) in [5.74, 6) is -0.615. The number of aromatic amines is 1. The van der Waals surface area contributed by atoms with E-state index >= 15 is 0 Å². The van der Waals surface area contributed by atoms with Gasteiger partial charge in [0.1, 0.15) is 10.9 Å². The molecule has 0 bridgehead atoms. The van der Waals surface area contributed by atoms with E-state index in [1.54, 1.807) is 0 Å². The normalized spacial score (nSPS) is 10.2. The van der Waals surface area contributed by atoms with E-state index in [0.717, 1.165) is 12.1 Å². The third-order valence-electron chi connectivity index (χ3n) is 2.33. The molecule has 2 N–H and O–H groups in total.